The molecular weight excluding hydrogens is 174 g/mol. The molecule has 0 atom stereocenters. The minimum Gasteiger partial charge on any atom is -0.327 e. The predicted octanol–water partition coefficient (Wildman–Crippen LogP) is 3.11. The van der Waals surface area contributed by atoms with Gasteiger partial charge in [0.1, 0.15) is 0 Å². The van der Waals surface area contributed by atoms with Gasteiger partial charge in [0.05, 0.1) is 8.07 Å². The van der Waals surface area contributed by atoms with Crippen molar-refractivity contribution in [3.63, 3.8) is 0 Å². The van der Waals surface area contributed by atoms with Crippen LogP contribution >= 0.6 is 0 Å². The molecule has 1 nitrogen and oxygen atoms in total. The van der Waals surface area contributed by atoms with Gasteiger partial charge in [-0.05, 0) is 5.04 Å². The van der Waals surface area contributed by atoms with Crippen molar-refractivity contribution in [1.82, 2.24) is 0 Å². The summed E-state index contributed by atoms with van der Waals surface area (Å²) < 4.78 is 0. The molecule has 0 amide bonds. The lowest BCUT2D eigenvalue weighted by Crippen LogP contribution is -2.42. The molecule has 76 valence electrons. The third-order valence-electron chi connectivity index (χ3n) is 3.22. The molecule has 0 rings (SSSR count). The number of nitrogens with two attached hydrogens (primary N) is 1. The maximum absolute atomic E-state index is 5.76. The Kier molecular flexibility index (Phi) is 4.13. The molecule has 0 saturated carbocycles. The molecule has 2 heteroatoms. The molecule has 0 unspecified atom stereocenters. The van der Waals surface area contributed by atoms with Crippen molar-refractivity contribution in [3.05, 3.63) is 23.9 Å². The highest BCUT2D eigenvalue weighted by molar-refractivity contribution is 6.86. The molecule has 0 aromatic rings. The smallest absolute Gasteiger partial charge is 0.0824 e. The Morgan fingerprint density at radius 1 is 1.38 bits per heavy atom. The van der Waals surface area contributed by atoms with Crippen molar-refractivity contribution < 1.29 is 0 Å². The summed E-state index contributed by atoms with van der Waals surface area (Å²) in [7, 11) is -1.39. The number of hydrogen-bond acceptors (Lipinski definition) is 1. The Morgan fingerprint density at radius 2 is 1.85 bits per heavy atom. The first-order valence-electron chi connectivity index (χ1n) is 4.79. The van der Waals surface area contributed by atoms with E-state index in [1.54, 1.807) is 0 Å². The van der Waals surface area contributed by atoms with Crippen LogP contribution in [0.2, 0.25) is 18.1 Å². The quantitative estimate of drug-likeness (QED) is 0.546. The van der Waals surface area contributed by atoms with E-state index in [0.29, 0.717) is 11.6 Å². The molecule has 0 aliphatic rings. The van der Waals surface area contributed by atoms with Crippen LogP contribution < -0.4 is 5.73 Å². The molecule has 0 heterocycles. The highest BCUT2D eigenvalue weighted by Crippen LogP contribution is 2.40. The Labute approximate surface area is 83.7 Å². The van der Waals surface area contributed by atoms with E-state index in [1.807, 2.05) is 6.08 Å². The molecule has 0 fully saturated rings. The van der Waals surface area contributed by atoms with Crippen LogP contribution in [0.25, 0.3) is 0 Å². The Bertz CT molecular complexity index is 209. The molecule has 0 radical (unpaired) electrons. The van der Waals surface area contributed by atoms with Gasteiger partial charge in [-0.3, -0.25) is 0 Å². The fourth-order valence-electron chi connectivity index (χ4n) is 1.16. The zero-order valence-corrected chi connectivity index (χ0v) is 10.6. The number of rotatable bonds is 3. The van der Waals surface area contributed by atoms with Gasteiger partial charge in [0.15, 0.2) is 0 Å². The minimum atomic E-state index is -1.39. The van der Waals surface area contributed by atoms with E-state index >= 15 is 0 Å². The monoisotopic (exact) mass is 197 g/mol. The summed E-state index contributed by atoms with van der Waals surface area (Å²) in [5.74, 6) is 0. The van der Waals surface area contributed by atoms with Crippen LogP contribution in [-0.4, -0.2) is 14.6 Å². The molecule has 0 aliphatic heterocycles. The Morgan fingerprint density at radius 3 is 2.08 bits per heavy atom. The van der Waals surface area contributed by atoms with Crippen molar-refractivity contribution in [2.45, 2.75) is 38.9 Å². The minimum absolute atomic E-state index is 0.362. The van der Waals surface area contributed by atoms with E-state index in [-0.39, 0.29) is 0 Å². The van der Waals surface area contributed by atoms with Crippen LogP contribution in [0, 0.1) is 0 Å². The van der Waals surface area contributed by atoms with E-state index in [0.717, 1.165) is 0 Å². The van der Waals surface area contributed by atoms with Crippen molar-refractivity contribution >= 4 is 8.07 Å². The van der Waals surface area contributed by atoms with Crippen LogP contribution in [0.15, 0.2) is 23.9 Å². The summed E-state index contributed by atoms with van der Waals surface area (Å²) in [6, 6.07) is 0. The van der Waals surface area contributed by atoms with Gasteiger partial charge in [-0.1, -0.05) is 57.8 Å². The second kappa shape index (κ2) is 4.25. The number of hydrogen-bond donors (Lipinski definition) is 1. The van der Waals surface area contributed by atoms with E-state index in [1.165, 1.54) is 5.20 Å². The van der Waals surface area contributed by atoms with E-state index < -0.39 is 8.07 Å². The predicted molar refractivity (Wildman–Crippen MR) is 64.5 cm³/mol. The maximum atomic E-state index is 5.76. The molecule has 0 spiro atoms. The summed E-state index contributed by atoms with van der Waals surface area (Å²) in [4.78, 5) is 0. The first kappa shape index (κ1) is 12.7. The molecule has 13 heavy (non-hydrogen) atoms. The van der Waals surface area contributed by atoms with Crippen molar-refractivity contribution in [2.24, 2.45) is 5.73 Å². The Balaban J connectivity index is 5.00. The van der Waals surface area contributed by atoms with Gasteiger partial charge in [0.25, 0.3) is 0 Å². The summed E-state index contributed by atoms with van der Waals surface area (Å²) in [6.07, 6.45) is 3.94. The van der Waals surface area contributed by atoms with E-state index in [2.05, 4.69) is 46.5 Å². The largest absolute Gasteiger partial charge is 0.327 e. The highest BCUT2D eigenvalue weighted by atomic mass is 28.3. The standard InChI is InChI=1S/C11H23NSi/c1-7-8-10(9-12)13(5,6)11(2,3)4/h7-8H,1,9,12H2,2-6H3. The van der Waals surface area contributed by atoms with Gasteiger partial charge in [-0.2, -0.15) is 0 Å². The molecule has 0 aromatic carbocycles. The van der Waals surface area contributed by atoms with Gasteiger partial charge in [0.2, 0.25) is 0 Å². The average Bonchev–Trinajstić information content (AvgIpc) is 1.97. The fraction of sp³-hybridized carbons (Fsp3) is 0.636. The van der Waals surface area contributed by atoms with Crippen LogP contribution in [0.5, 0.6) is 0 Å². The van der Waals surface area contributed by atoms with Gasteiger partial charge < -0.3 is 5.73 Å². The van der Waals surface area contributed by atoms with Crippen LogP contribution in [0.1, 0.15) is 20.8 Å². The van der Waals surface area contributed by atoms with Gasteiger partial charge in [0, 0.05) is 6.54 Å². The maximum Gasteiger partial charge on any atom is 0.0824 e. The third-order valence-corrected chi connectivity index (χ3v) is 8.94. The molecule has 0 bridgehead atoms. The SMILES string of the molecule is C=CC=C(CN)[Si](C)(C)C(C)(C)C. The van der Waals surface area contributed by atoms with Gasteiger partial charge in [-0.15, -0.1) is 0 Å². The van der Waals surface area contributed by atoms with E-state index in [4.69, 9.17) is 5.73 Å². The number of allylic oxidation sites excluding steroid dienone is 2. The van der Waals surface area contributed by atoms with Crippen LogP contribution in [0.3, 0.4) is 0 Å². The topological polar surface area (TPSA) is 26.0 Å². The Hall–Kier alpha value is -0.343. The molecule has 0 saturated heterocycles. The third kappa shape index (κ3) is 2.81. The summed E-state index contributed by atoms with van der Waals surface area (Å²) in [5.41, 5.74) is 5.76. The van der Waals surface area contributed by atoms with Crippen molar-refractivity contribution in [3.8, 4) is 0 Å². The fourth-order valence-corrected chi connectivity index (χ4v) is 3.16. The zero-order valence-electron chi connectivity index (χ0n) is 9.65. The van der Waals surface area contributed by atoms with Gasteiger partial charge >= 0.3 is 0 Å². The molecule has 0 aliphatic carbocycles. The van der Waals surface area contributed by atoms with Crippen molar-refractivity contribution in [2.75, 3.05) is 6.54 Å². The second-order valence-electron chi connectivity index (χ2n) is 5.01. The van der Waals surface area contributed by atoms with Crippen LogP contribution in [-0.2, 0) is 0 Å². The zero-order chi connectivity index (χ0) is 10.7. The summed E-state index contributed by atoms with van der Waals surface area (Å²) in [6.45, 7) is 16.0. The summed E-state index contributed by atoms with van der Waals surface area (Å²) in [5, 5.41) is 1.76. The normalized spacial score (nSPS) is 14.5. The first-order valence-corrected chi connectivity index (χ1v) is 7.79. The highest BCUT2D eigenvalue weighted by Gasteiger charge is 2.37. The molecule has 0 aromatic heterocycles. The van der Waals surface area contributed by atoms with Crippen molar-refractivity contribution in [1.29, 1.82) is 0 Å². The average molecular weight is 197 g/mol. The lowest BCUT2D eigenvalue weighted by Gasteiger charge is -2.38. The van der Waals surface area contributed by atoms with Crippen LogP contribution in [0.4, 0.5) is 0 Å². The lowest BCUT2D eigenvalue weighted by molar-refractivity contribution is 0.723. The second-order valence-corrected chi connectivity index (χ2v) is 10.4. The van der Waals surface area contributed by atoms with E-state index in [9.17, 15) is 0 Å². The molecule has 2 N–H and O–H groups in total. The summed E-state index contributed by atoms with van der Waals surface area (Å²) >= 11 is 0. The lowest BCUT2D eigenvalue weighted by atomic mass is 10.2. The molecular formula is C11H23NSi. The first-order chi connectivity index (χ1) is 5.77. The van der Waals surface area contributed by atoms with Gasteiger partial charge in [-0.25, -0.2) is 0 Å².